The molecule has 0 aliphatic carbocycles. The van der Waals surface area contributed by atoms with E-state index in [1.54, 1.807) is 10.3 Å². The van der Waals surface area contributed by atoms with Crippen LogP contribution in [0.15, 0.2) is 35.7 Å². The van der Waals surface area contributed by atoms with Crippen molar-refractivity contribution in [3.63, 3.8) is 0 Å². The van der Waals surface area contributed by atoms with Gasteiger partial charge in [-0.05, 0) is 12.1 Å². The third kappa shape index (κ3) is 6.07. The summed E-state index contributed by atoms with van der Waals surface area (Å²) in [6.45, 7) is 3.17. The van der Waals surface area contributed by atoms with Gasteiger partial charge in [0, 0.05) is 43.8 Å². The Morgan fingerprint density at radius 1 is 1.11 bits per heavy atom. The molecule has 1 aromatic heterocycles. The van der Waals surface area contributed by atoms with E-state index in [1.807, 2.05) is 18.2 Å². The standard InChI is InChI=1S/C17H21N5O2S.2ClH/c18-10-15-20-14(12-25-15)17(24)19-11-16(23)22-8-6-21(7-9-22)13-4-2-1-3-5-13;;/h1-5,12H,6-11,18H2,(H,19,24);2*1H. The molecule has 27 heavy (non-hydrogen) atoms. The lowest BCUT2D eigenvalue weighted by Gasteiger charge is -2.36. The normalized spacial score (nSPS) is 13.4. The first kappa shape index (κ1) is 23.2. The van der Waals surface area contributed by atoms with E-state index in [-0.39, 0.29) is 43.2 Å². The van der Waals surface area contributed by atoms with Crippen LogP contribution in [-0.2, 0) is 11.3 Å². The van der Waals surface area contributed by atoms with Crippen molar-refractivity contribution in [3.05, 3.63) is 46.4 Å². The number of nitrogens with two attached hydrogens (primary N) is 1. The fourth-order valence-corrected chi connectivity index (χ4v) is 3.37. The molecule has 0 atom stereocenters. The van der Waals surface area contributed by atoms with Crippen LogP contribution in [0.5, 0.6) is 0 Å². The second-order valence-corrected chi connectivity index (χ2v) is 6.66. The smallest absolute Gasteiger partial charge is 0.271 e. The molecule has 1 aromatic carbocycles. The number of nitrogens with one attached hydrogen (secondary N) is 1. The lowest BCUT2D eigenvalue weighted by atomic mass is 10.2. The number of carbonyl (C=O) groups excluding carboxylic acids is 2. The summed E-state index contributed by atoms with van der Waals surface area (Å²) >= 11 is 1.34. The number of para-hydroxylation sites is 1. The summed E-state index contributed by atoms with van der Waals surface area (Å²) in [4.78, 5) is 32.5. The van der Waals surface area contributed by atoms with Gasteiger partial charge in [-0.2, -0.15) is 0 Å². The molecule has 3 rings (SSSR count). The van der Waals surface area contributed by atoms with Crippen LogP contribution < -0.4 is 16.0 Å². The molecule has 148 valence electrons. The summed E-state index contributed by atoms with van der Waals surface area (Å²) < 4.78 is 0. The number of hydrogen-bond donors (Lipinski definition) is 2. The molecule has 0 saturated carbocycles. The number of benzene rings is 1. The average Bonchev–Trinajstić information content (AvgIpc) is 3.16. The number of thiazole rings is 1. The Hall–Kier alpha value is -1.87. The van der Waals surface area contributed by atoms with E-state index in [2.05, 4.69) is 27.3 Å². The van der Waals surface area contributed by atoms with Gasteiger partial charge in [-0.25, -0.2) is 4.98 Å². The lowest BCUT2D eigenvalue weighted by molar-refractivity contribution is -0.130. The average molecular weight is 432 g/mol. The lowest BCUT2D eigenvalue weighted by Crippen LogP contribution is -2.51. The highest BCUT2D eigenvalue weighted by atomic mass is 35.5. The molecule has 2 amide bonds. The van der Waals surface area contributed by atoms with Gasteiger partial charge >= 0.3 is 0 Å². The van der Waals surface area contributed by atoms with Gasteiger partial charge in [0.15, 0.2) is 0 Å². The number of hydrogen-bond acceptors (Lipinski definition) is 6. The number of halogens is 2. The minimum atomic E-state index is -0.341. The predicted molar refractivity (Wildman–Crippen MR) is 112 cm³/mol. The molecule has 0 bridgehead atoms. The van der Waals surface area contributed by atoms with Crippen LogP contribution in [0.25, 0.3) is 0 Å². The summed E-state index contributed by atoms with van der Waals surface area (Å²) in [6, 6.07) is 10.2. The molecule has 1 aliphatic heterocycles. The second-order valence-electron chi connectivity index (χ2n) is 5.72. The SMILES string of the molecule is Cl.Cl.NCc1nc(C(=O)NCC(=O)N2CCN(c3ccccc3)CC2)cs1. The molecular weight excluding hydrogens is 409 g/mol. The number of aromatic nitrogens is 1. The Kier molecular flexibility index (Phi) is 9.51. The fraction of sp³-hybridized carbons (Fsp3) is 0.353. The first-order chi connectivity index (χ1) is 12.2. The molecule has 0 radical (unpaired) electrons. The van der Waals surface area contributed by atoms with Crippen molar-refractivity contribution in [2.45, 2.75) is 6.54 Å². The van der Waals surface area contributed by atoms with Gasteiger partial charge in [0.1, 0.15) is 10.7 Å². The first-order valence-corrected chi connectivity index (χ1v) is 9.06. The maximum absolute atomic E-state index is 12.3. The number of piperazine rings is 1. The third-order valence-corrected chi connectivity index (χ3v) is 4.98. The molecule has 0 spiro atoms. The quantitative estimate of drug-likeness (QED) is 0.748. The molecule has 2 heterocycles. The van der Waals surface area contributed by atoms with Gasteiger partial charge in [0.2, 0.25) is 5.91 Å². The highest BCUT2D eigenvalue weighted by Gasteiger charge is 2.22. The Balaban J connectivity index is 0.00000182. The summed E-state index contributed by atoms with van der Waals surface area (Å²) in [5, 5.41) is 4.99. The van der Waals surface area contributed by atoms with Crippen molar-refractivity contribution in [2.75, 3.05) is 37.6 Å². The molecule has 2 aromatic rings. The van der Waals surface area contributed by atoms with Gasteiger partial charge < -0.3 is 20.9 Å². The minimum Gasteiger partial charge on any atom is -0.368 e. The Bertz CT molecular complexity index is 736. The zero-order chi connectivity index (χ0) is 17.6. The number of nitrogens with zero attached hydrogens (tertiary/aromatic N) is 3. The van der Waals surface area contributed by atoms with Crippen LogP contribution >= 0.6 is 36.2 Å². The van der Waals surface area contributed by atoms with Crippen LogP contribution in [0, 0.1) is 0 Å². The Morgan fingerprint density at radius 2 is 1.78 bits per heavy atom. The minimum absolute atomic E-state index is 0. The summed E-state index contributed by atoms with van der Waals surface area (Å²) in [5.74, 6) is -0.414. The summed E-state index contributed by atoms with van der Waals surface area (Å²) in [5.41, 5.74) is 6.97. The summed E-state index contributed by atoms with van der Waals surface area (Å²) in [7, 11) is 0. The van der Waals surface area contributed by atoms with Gasteiger partial charge in [0.25, 0.3) is 5.91 Å². The molecule has 0 unspecified atom stereocenters. The number of anilines is 1. The van der Waals surface area contributed by atoms with Crippen molar-refractivity contribution in [1.82, 2.24) is 15.2 Å². The molecular formula is C17H23Cl2N5O2S. The fourth-order valence-electron chi connectivity index (χ4n) is 2.72. The maximum atomic E-state index is 12.3. The highest BCUT2D eigenvalue weighted by Crippen LogP contribution is 2.15. The van der Waals surface area contributed by atoms with E-state index >= 15 is 0 Å². The van der Waals surface area contributed by atoms with E-state index in [4.69, 9.17) is 5.73 Å². The van der Waals surface area contributed by atoms with Crippen molar-refractivity contribution in [2.24, 2.45) is 5.73 Å². The zero-order valence-corrected chi connectivity index (χ0v) is 17.1. The topological polar surface area (TPSA) is 91.6 Å². The van der Waals surface area contributed by atoms with Gasteiger partial charge in [0.05, 0.1) is 6.54 Å². The van der Waals surface area contributed by atoms with E-state index in [1.165, 1.54) is 17.0 Å². The summed E-state index contributed by atoms with van der Waals surface area (Å²) in [6.07, 6.45) is 0. The van der Waals surface area contributed by atoms with Gasteiger partial charge in [-0.15, -0.1) is 36.2 Å². The highest BCUT2D eigenvalue weighted by molar-refractivity contribution is 7.09. The second kappa shape index (κ2) is 11.1. The van der Waals surface area contributed by atoms with E-state index in [0.717, 1.165) is 13.1 Å². The molecule has 1 fully saturated rings. The van der Waals surface area contributed by atoms with E-state index in [9.17, 15) is 9.59 Å². The van der Waals surface area contributed by atoms with Crippen molar-refractivity contribution in [3.8, 4) is 0 Å². The largest absolute Gasteiger partial charge is 0.368 e. The maximum Gasteiger partial charge on any atom is 0.271 e. The first-order valence-electron chi connectivity index (χ1n) is 8.18. The molecule has 3 N–H and O–H groups in total. The number of amides is 2. The van der Waals surface area contributed by atoms with Crippen LogP contribution in [0.1, 0.15) is 15.5 Å². The van der Waals surface area contributed by atoms with Crippen LogP contribution in [0.4, 0.5) is 5.69 Å². The molecule has 7 nitrogen and oxygen atoms in total. The monoisotopic (exact) mass is 431 g/mol. The molecule has 1 aliphatic rings. The third-order valence-electron chi connectivity index (χ3n) is 4.11. The van der Waals surface area contributed by atoms with Crippen molar-refractivity contribution >= 4 is 53.7 Å². The molecule has 1 saturated heterocycles. The van der Waals surface area contributed by atoms with Gasteiger partial charge in [-0.1, -0.05) is 18.2 Å². The van der Waals surface area contributed by atoms with Crippen molar-refractivity contribution < 1.29 is 9.59 Å². The van der Waals surface area contributed by atoms with Crippen LogP contribution in [0.3, 0.4) is 0 Å². The Morgan fingerprint density at radius 3 is 2.37 bits per heavy atom. The van der Waals surface area contributed by atoms with Gasteiger partial charge in [-0.3, -0.25) is 9.59 Å². The number of rotatable bonds is 5. The zero-order valence-electron chi connectivity index (χ0n) is 14.7. The van der Waals surface area contributed by atoms with Crippen molar-refractivity contribution in [1.29, 1.82) is 0 Å². The predicted octanol–water partition coefficient (Wildman–Crippen LogP) is 1.52. The number of carbonyl (C=O) groups is 2. The van der Waals surface area contributed by atoms with Crippen LogP contribution in [-0.4, -0.2) is 54.4 Å². The molecule has 10 heteroatoms. The van der Waals surface area contributed by atoms with E-state index in [0.29, 0.717) is 30.3 Å². The van der Waals surface area contributed by atoms with E-state index < -0.39 is 0 Å². The van der Waals surface area contributed by atoms with Crippen LogP contribution in [0.2, 0.25) is 0 Å². The Labute approximate surface area is 174 Å².